The molecule has 0 aromatic rings. The molecule has 0 spiro atoms. The Hall–Kier alpha value is -0.200. The Morgan fingerprint density at radius 2 is 2.22 bits per heavy atom. The topological polar surface area (TPSA) is 49.8 Å². The summed E-state index contributed by atoms with van der Waals surface area (Å²) in [7, 11) is 0. The Kier molecular flexibility index (Phi) is 7.63. The van der Waals surface area contributed by atoms with Gasteiger partial charge in [-0.3, -0.25) is 0 Å². The molecule has 0 heterocycles. The highest BCUT2D eigenvalue weighted by Gasteiger charge is 1.85. The number of hydrogen-bond acceptors (Lipinski definition) is 3. The smallest absolute Gasteiger partial charge is 0.0622 e. The van der Waals surface area contributed by atoms with Gasteiger partial charge < -0.3 is 5.73 Å². The number of nitrogens with zero attached hydrogens (tertiary/aromatic N) is 1. The molecule has 0 atom stereocenters. The summed E-state index contributed by atoms with van der Waals surface area (Å²) in [5.74, 6) is 2.09. The van der Waals surface area contributed by atoms with E-state index in [4.69, 9.17) is 11.0 Å². The number of hydrogen-bond donors (Lipinski definition) is 1. The minimum absolute atomic E-state index is 0.678. The van der Waals surface area contributed by atoms with E-state index in [1.165, 1.54) is 0 Å². The molecule has 0 aliphatic carbocycles. The standard InChI is InChI=1S/C6H12N2S/c7-3-1-2-5-9-6-4-8/h1-2,4-6,8H2. The van der Waals surface area contributed by atoms with E-state index in [-0.39, 0.29) is 0 Å². The van der Waals surface area contributed by atoms with Gasteiger partial charge in [-0.1, -0.05) is 0 Å². The largest absolute Gasteiger partial charge is 0.330 e. The van der Waals surface area contributed by atoms with Crippen LogP contribution in [0.2, 0.25) is 0 Å². The van der Waals surface area contributed by atoms with Gasteiger partial charge in [0.15, 0.2) is 0 Å². The fraction of sp³-hybridized carbons (Fsp3) is 0.833. The highest BCUT2D eigenvalue weighted by atomic mass is 32.2. The molecule has 0 amide bonds. The van der Waals surface area contributed by atoms with Crippen molar-refractivity contribution < 1.29 is 0 Å². The predicted molar refractivity (Wildman–Crippen MR) is 41.2 cm³/mol. The van der Waals surface area contributed by atoms with Gasteiger partial charge in [0.1, 0.15) is 0 Å². The lowest BCUT2D eigenvalue weighted by molar-refractivity contribution is 0.979. The summed E-state index contributed by atoms with van der Waals surface area (Å²) in [5, 5.41) is 8.14. The van der Waals surface area contributed by atoms with E-state index >= 15 is 0 Å². The quantitative estimate of drug-likeness (QED) is 0.585. The molecule has 0 saturated carbocycles. The zero-order chi connectivity index (χ0) is 6.95. The molecule has 0 rings (SSSR count). The molecule has 0 aliphatic heterocycles. The summed E-state index contributed by atoms with van der Waals surface area (Å²) >= 11 is 1.82. The van der Waals surface area contributed by atoms with Crippen molar-refractivity contribution in [3.8, 4) is 6.07 Å². The zero-order valence-electron chi connectivity index (χ0n) is 5.47. The van der Waals surface area contributed by atoms with E-state index in [0.717, 1.165) is 24.5 Å². The molecule has 0 bridgehead atoms. The maximum atomic E-state index is 8.14. The first-order chi connectivity index (χ1) is 4.41. The second kappa shape index (κ2) is 7.80. The van der Waals surface area contributed by atoms with Crippen LogP contribution in [0.1, 0.15) is 12.8 Å². The van der Waals surface area contributed by atoms with E-state index in [2.05, 4.69) is 6.07 Å². The zero-order valence-corrected chi connectivity index (χ0v) is 6.28. The number of thioether (sulfide) groups is 1. The fourth-order valence-corrected chi connectivity index (χ4v) is 1.16. The van der Waals surface area contributed by atoms with Gasteiger partial charge in [-0.15, -0.1) is 0 Å². The first-order valence-corrected chi connectivity index (χ1v) is 4.22. The Morgan fingerprint density at radius 1 is 1.44 bits per heavy atom. The Balaban J connectivity index is 2.69. The molecular weight excluding hydrogens is 132 g/mol. The van der Waals surface area contributed by atoms with Gasteiger partial charge in [0, 0.05) is 18.7 Å². The van der Waals surface area contributed by atoms with Gasteiger partial charge in [0.25, 0.3) is 0 Å². The molecule has 0 aliphatic rings. The average molecular weight is 144 g/mol. The predicted octanol–water partition coefficient (Wildman–Crippen LogP) is 0.982. The van der Waals surface area contributed by atoms with Crippen LogP contribution in [-0.4, -0.2) is 18.1 Å². The van der Waals surface area contributed by atoms with Crippen LogP contribution in [0.5, 0.6) is 0 Å². The molecule has 2 N–H and O–H groups in total. The summed E-state index contributed by atoms with van der Waals surface area (Å²) in [4.78, 5) is 0. The summed E-state index contributed by atoms with van der Waals surface area (Å²) in [5.41, 5.74) is 5.26. The molecule has 0 radical (unpaired) electrons. The van der Waals surface area contributed by atoms with Crippen molar-refractivity contribution in [2.24, 2.45) is 5.73 Å². The number of nitriles is 1. The Bertz CT molecular complexity index is 87.5. The van der Waals surface area contributed by atoms with Gasteiger partial charge in [-0.05, 0) is 12.2 Å². The number of unbranched alkanes of at least 4 members (excludes halogenated alkanes) is 1. The van der Waals surface area contributed by atoms with Crippen LogP contribution in [0.25, 0.3) is 0 Å². The fourth-order valence-electron chi connectivity index (χ4n) is 0.439. The maximum Gasteiger partial charge on any atom is 0.0622 e. The van der Waals surface area contributed by atoms with E-state index in [0.29, 0.717) is 6.42 Å². The maximum absolute atomic E-state index is 8.14. The lowest BCUT2D eigenvalue weighted by Gasteiger charge is -1.93. The minimum Gasteiger partial charge on any atom is -0.330 e. The number of rotatable bonds is 5. The van der Waals surface area contributed by atoms with Crippen molar-refractivity contribution in [3.05, 3.63) is 0 Å². The molecule has 9 heavy (non-hydrogen) atoms. The first kappa shape index (κ1) is 8.80. The molecule has 0 unspecified atom stereocenters. The van der Waals surface area contributed by atoms with Crippen LogP contribution in [0.4, 0.5) is 0 Å². The van der Waals surface area contributed by atoms with E-state index in [1.54, 1.807) is 0 Å². The van der Waals surface area contributed by atoms with E-state index in [9.17, 15) is 0 Å². The second-order valence-corrected chi connectivity index (χ2v) is 2.89. The van der Waals surface area contributed by atoms with Crippen LogP contribution >= 0.6 is 11.8 Å². The third-order valence-electron chi connectivity index (χ3n) is 0.839. The Labute approximate surface area is 60.4 Å². The monoisotopic (exact) mass is 144 g/mol. The molecule has 2 nitrogen and oxygen atoms in total. The molecule has 0 aromatic carbocycles. The van der Waals surface area contributed by atoms with Gasteiger partial charge in [0.2, 0.25) is 0 Å². The highest BCUT2D eigenvalue weighted by Crippen LogP contribution is 2.01. The number of nitrogens with two attached hydrogens (primary N) is 1. The SMILES string of the molecule is N#CCCCSCCN. The minimum atomic E-state index is 0.678. The van der Waals surface area contributed by atoms with Crippen molar-refractivity contribution in [2.75, 3.05) is 18.1 Å². The van der Waals surface area contributed by atoms with Crippen molar-refractivity contribution >= 4 is 11.8 Å². The van der Waals surface area contributed by atoms with Gasteiger partial charge in [0.05, 0.1) is 6.07 Å². The van der Waals surface area contributed by atoms with Crippen molar-refractivity contribution in [1.29, 1.82) is 5.26 Å². The van der Waals surface area contributed by atoms with Crippen LogP contribution in [0.3, 0.4) is 0 Å². The van der Waals surface area contributed by atoms with E-state index < -0.39 is 0 Å². The summed E-state index contributed by atoms with van der Waals surface area (Å²) < 4.78 is 0. The lowest BCUT2D eigenvalue weighted by Crippen LogP contribution is -2.01. The summed E-state index contributed by atoms with van der Waals surface area (Å²) in [6, 6.07) is 2.10. The van der Waals surface area contributed by atoms with Crippen molar-refractivity contribution in [3.63, 3.8) is 0 Å². The summed E-state index contributed by atoms with van der Waals surface area (Å²) in [6.07, 6.45) is 1.68. The first-order valence-electron chi connectivity index (χ1n) is 3.06. The normalized spacial score (nSPS) is 8.89. The third kappa shape index (κ3) is 7.80. The van der Waals surface area contributed by atoms with Crippen molar-refractivity contribution in [1.82, 2.24) is 0 Å². The van der Waals surface area contributed by atoms with Crippen molar-refractivity contribution in [2.45, 2.75) is 12.8 Å². The van der Waals surface area contributed by atoms with Gasteiger partial charge >= 0.3 is 0 Å². The van der Waals surface area contributed by atoms with Crippen LogP contribution in [-0.2, 0) is 0 Å². The average Bonchev–Trinajstić information content (AvgIpc) is 1.89. The molecular formula is C6H12N2S. The molecule has 0 saturated heterocycles. The Morgan fingerprint density at radius 3 is 2.78 bits per heavy atom. The van der Waals surface area contributed by atoms with E-state index in [1.807, 2.05) is 11.8 Å². The highest BCUT2D eigenvalue weighted by molar-refractivity contribution is 7.99. The third-order valence-corrected chi connectivity index (χ3v) is 1.94. The summed E-state index contributed by atoms with van der Waals surface area (Å²) in [6.45, 7) is 0.747. The molecule has 3 heteroatoms. The van der Waals surface area contributed by atoms with Gasteiger partial charge in [-0.2, -0.15) is 17.0 Å². The molecule has 0 aromatic heterocycles. The molecule has 0 fully saturated rings. The lowest BCUT2D eigenvalue weighted by atomic mass is 10.4. The van der Waals surface area contributed by atoms with Crippen LogP contribution < -0.4 is 5.73 Å². The van der Waals surface area contributed by atoms with Crippen LogP contribution in [0.15, 0.2) is 0 Å². The second-order valence-electron chi connectivity index (χ2n) is 1.66. The van der Waals surface area contributed by atoms with Crippen LogP contribution in [0, 0.1) is 11.3 Å². The van der Waals surface area contributed by atoms with Gasteiger partial charge in [-0.25, -0.2) is 0 Å². The molecule has 52 valence electrons.